The van der Waals surface area contributed by atoms with E-state index in [1.807, 2.05) is 31.3 Å². The van der Waals surface area contributed by atoms with Gasteiger partial charge in [-0.25, -0.2) is 18.1 Å². The normalized spacial score (nSPS) is 11.7. The number of hydrogen-bond donors (Lipinski definition) is 3. The van der Waals surface area contributed by atoms with E-state index in [9.17, 15) is 8.42 Å². The van der Waals surface area contributed by atoms with Crippen LogP contribution in [0.3, 0.4) is 0 Å². The minimum Gasteiger partial charge on any atom is -0.348 e. The number of nitrogens with one attached hydrogen (secondary N) is 3. The summed E-state index contributed by atoms with van der Waals surface area (Å²) in [5.41, 5.74) is 2.82. The van der Waals surface area contributed by atoms with Gasteiger partial charge in [0, 0.05) is 31.4 Å². The molecular formula is C14H20N4O2S. The number of aromatic amines is 1. The largest absolute Gasteiger partial charge is 0.348 e. The number of benzene rings is 1. The lowest BCUT2D eigenvalue weighted by Crippen LogP contribution is -2.27. The maximum Gasteiger partial charge on any atom is 0.215 e. The molecule has 114 valence electrons. The summed E-state index contributed by atoms with van der Waals surface area (Å²) in [5, 5.41) is 3.05. The van der Waals surface area contributed by atoms with Crippen LogP contribution in [0, 0.1) is 0 Å². The fourth-order valence-corrected chi connectivity index (χ4v) is 3.14. The van der Waals surface area contributed by atoms with Crippen LogP contribution in [0.15, 0.2) is 36.8 Å². The Morgan fingerprint density at radius 1 is 1.19 bits per heavy atom. The van der Waals surface area contributed by atoms with Crippen molar-refractivity contribution in [3.8, 4) is 0 Å². The molecule has 0 fully saturated rings. The summed E-state index contributed by atoms with van der Waals surface area (Å²) in [4.78, 5) is 6.83. The molecule has 0 unspecified atom stereocenters. The van der Waals surface area contributed by atoms with E-state index in [0.29, 0.717) is 13.0 Å². The lowest BCUT2D eigenvalue weighted by atomic mass is 10.1. The van der Waals surface area contributed by atoms with Gasteiger partial charge in [-0.05, 0) is 18.2 Å². The summed E-state index contributed by atoms with van der Waals surface area (Å²) in [7, 11) is -1.44. The number of rotatable bonds is 8. The van der Waals surface area contributed by atoms with E-state index < -0.39 is 10.0 Å². The van der Waals surface area contributed by atoms with Crippen LogP contribution >= 0.6 is 0 Å². The topological polar surface area (TPSA) is 86.9 Å². The highest BCUT2D eigenvalue weighted by molar-refractivity contribution is 7.88. The quantitative estimate of drug-likeness (QED) is 0.673. The van der Waals surface area contributed by atoms with E-state index >= 15 is 0 Å². The number of hydrogen-bond acceptors (Lipinski definition) is 4. The van der Waals surface area contributed by atoms with E-state index in [-0.39, 0.29) is 5.75 Å². The van der Waals surface area contributed by atoms with Gasteiger partial charge in [-0.1, -0.05) is 24.3 Å². The molecule has 1 aromatic carbocycles. The smallest absolute Gasteiger partial charge is 0.215 e. The zero-order chi connectivity index (χ0) is 15.1. The van der Waals surface area contributed by atoms with Crippen molar-refractivity contribution in [2.75, 3.05) is 13.6 Å². The van der Waals surface area contributed by atoms with Crippen molar-refractivity contribution in [3.05, 3.63) is 53.6 Å². The third-order valence-corrected chi connectivity index (χ3v) is 4.39. The van der Waals surface area contributed by atoms with Crippen molar-refractivity contribution in [1.82, 2.24) is 20.0 Å². The van der Waals surface area contributed by atoms with E-state index in [0.717, 1.165) is 23.4 Å². The van der Waals surface area contributed by atoms with Gasteiger partial charge in [-0.2, -0.15) is 0 Å². The van der Waals surface area contributed by atoms with Gasteiger partial charge in [0.1, 0.15) is 0 Å². The molecule has 0 aliphatic carbocycles. The fraction of sp³-hybridized carbons (Fsp3) is 0.357. The average Bonchev–Trinajstić information content (AvgIpc) is 2.94. The molecule has 1 aromatic heterocycles. The standard InChI is InChI=1S/C14H20N4O2S/c1-15-8-12-2-4-13(5-3-12)10-21(19,20)18-7-6-14-9-16-11-17-14/h2-5,9,11,15,18H,6-8,10H2,1H3,(H,16,17). The Hall–Kier alpha value is -1.70. The molecule has 0 bridgehead atoms. The summed E-state index contributed by atoms with van der Waals surface area (Å²) in [6.07, 6.45) is 3.87. The molecule has 1 heterocycles. The Bertz CT molecular complexity index is 636. The minimum atomic E-state index is -3.31. The molecule has 0 amide bonds. The molecule has 3 N–H and O–H groups in total. The van der Waals surface area contributed by atoms with E-state index in [2.05, 4.69) is 20.0 Å². The first-order valence-corrected chi connectivity index (χ1v) is 8.41. The third kappa shape index (κ3) is 5.30. The van der Waals surface area contributed by atoms with Crippen LogP contribution in [0.5, 0.6) is 0 Å². The monoisotopic (exact) mass is 308 g/mol. The zero-order valence-electron chi connectivity index (χ0n) is 12.0. The highest BCUT2D eigenvalue weighted by Crippen LogP contribution is 2.08. The number of H-pyrrole nitrogens is 1. The first-order chi connectivity index (χ1) is 10.1. The van der Waals surface area contributed by atoms with Crippen molar-refractivity contribution < 1.29 is 8.42 Å². The third-order valence-electron chi connectivity index (χ3n) is 3.03. The molecule has 0 aliphatic heterocycles. The number of sulfonamides is 1. The van der Waals surface area contributed by atoms with Crippen molar-refractivity contribution in [2.24, 2.45) is 0 Å². The fourth-order valence-electron chi connectivity index (χ4n) is 1.99. The Kier molecular flexibility index (Phi) is 5.49. The predicted molar refractivity (Wildman–Crippen MR) is 82.1 cm³/mol. The molecule has 2 aromatic rings. The van der Waals surface area contributed by atoms with Crippen LogP contribution in [0.4, 0.5) is 0 Å². The van der Waals surface area contributed by atoms with Crippen LogP contribution in [0.1, 0.15) is 16.8 Å². The molecule has 7 heteroatoms. The summed E-state index contributed by atoms with van der Waals surface area (Å²) in [6, 6.07) is 7.57. The van der Waals surface area contributed by atoms with Gasteiger partial charge in [0.25, 0.3) is 0 Å². The van der Waals surface area contributed by atoms with E-state index in [1.54, 1.807) is 12.5 Å². The SMILES string of the molecule is CNCc1ccc(CS(=O)(=O)NCCc2cnc[nH]2)cc1. The highest BCUT2D eigenvalue weighted by Gasteiger charge is 2.11. The van der Waals surface area contributed by atoms with Crippen LogP contribution in [-0.4, -0.2) is 32.0 Å². The predicted octanol–water partition coefficient (Wildman–Crippen LogP) is 0.791. The lowest BCUT2D eigenvalue weighted by molar-refractivity contribution is 0.580. The van der Waals surface area contributed by atoms with Crippen LogP contribution in [0.2, 0.25) is 0 Å². The van der Waals surface area contributed by atoms with Crippen LogP contribution in [-0.2, 0) is 28.7 Å². The van der Waals surface area contributed by atoms with Crippen LogP contribution in [0.25, 0.3) is 0 Å². The van der Waals surface area contributed by atoms with Gasteiger partial charge in [-0.15, -0.1) is 0 Å². The lowest BCUT2D eigenvalue weighted by Gasteiger charge is -2.07. The van der Waals surface area contributed by atoms with Crippen molar-refractivity contribution >= 4 is 10.0 Å². The van der Waals surface area contributed by atoms with Crippen LogP contribution < -0.4 is 10.0 Å². The van der Waals surface area contributed by atoms with E-state index in [1.165, 1.54) is 0 Å². The summed E-state index contributed by atoms with van der Waals surface area (Å²) >= 11 is 0. The van der Waals surface area contributed by atoms with Gasteiger partial charge in [0.2, 0.25) is 10.0 Å². The number of aromatic nitrogens is 2. The van der Waals surface area contributed by atoms with Crippen molar-refractivity contribution in [1.29, 1.82) is 0 Å². The molecule has 21 heavy (non-hydrogen) atoms. The Balaban J connectivity index is 1.85. The van der Waals surface area contributed by atoms with Crippen molar-refractivity contribution in [2.45, 2.75) is 18.7 Å². The zero-order valence-corrected chi connectivity index (χ0v) is 12.8. The Morgan fingerprint density at radius 2 is 1.90 bits per heavy atom. The second-order valence-corrected chi connectivity index (χ2v) is 6.63. The van der Waals surface area contributed by atoms with Gasteiger partial charge >= 0.3 is 0 Å². The highest BCUT2D eigenvalue weighted by atomic mass is 32.2. The summed E-state index contributed by atoms with van der Waals surface area (Å²) in [6.45, 7) is 1.14. The molecule has 0 saturated carbocycles. The van der Waals surface area contributed by atoms with Crippen molar-refractivity contribution in [3.63, 3.8) is 0 Å². The Labute approximate surface area is 125 Å². The average molecular weight is 308 g/mol. The van der Waals surface area contributed by atoms with Gasteiger partial charge in [-0.3, -0.25) is 0 Å². The first kappa shape index (κ1) is 15.7. The van der Waals surface area contributed by atoms with E-state index in [4.69, 9.17) is 0 Å². The maximum absolute atomic E-state index is 12.0. The molecule has 0 aliphatic rings. The molecule has 0 radical (unpaired) electrons. The molecule has 2 rings (SSSR count). The summed E-state index contributed by atoms with van der Waals surface area (Å²) in [5.74, 6) is -0.00416. The second kappa shape index (κ2) is 7.35. The second-order valence-electron chi connectivity index (χ2n) is 4.83. The van der Waals surface area contributed by atoms with Gasteiger partial charge in [0.05, 0.1) is 12.1 Å². The number of imidazole rings is 1. The minimum absolute atomic E-state index is 0.00416. The molecule has 0 spiro atoms. The summed E-state index contributed by atoms with van der Waals surface area (Å²) < 4.78 is 26.6. The van der Waals surface area contributed by atoms with Gasteiger partial charge < -0.3 is 10.3 Å². The Morgan fingerprint density at radius 3 is 2.52 bits per heavy atom. The maximum atomic E-state index is 12.0. The molecule has 6 nitrogen and oxygen atoms in total. The number of nitrogens with zero attached hydrogens (tertiary/aromatic N) is 1. The molecular weight excluding hydrogens is 288 g/mol. The van der Waals surface area contributed by atoms with Gasteiger partial charge in [0.15, 0.2) is 0 Å². The molecule has 0 atom stereocenters. The first-order valence-electron chi connectivity index (χ1n) is 6.76. The molecule has 0 saturated heterocycles.